The van der Waals surface area contributed by atoms with Gasteiger partial charge in [-0.3, -0.25) is 4.79 Å². The molecule has 0 spiro atoms. The monoisotopic (exact) mass is 264 g/mol. The van der Waals surface area contributed by atoms with E-state index in [1.165, 1.54) is 0 Å². The summed E-state index contributed by atoms with van der Waals surface area (Å²) in [5.41, 5.74) is 0. The van der Waals surface area contributed by atoms with Crippen LogP contribution in [0, 0.1) is 22.7 Å². The smallest absolute Gasteiger partial charge is 0.286 e. The molecular weight excluding hydrogens is 252 g/mol. The Hall–Kier alpha value is -2.19. The zero-order valence-corrected chi connectivity index (χ0v) is 10.7. The molecule has 1 rings (SSSR count). The van der Waals surface area contributed by atoms with E-state index in [1.54, 1.807) is 0 Å². The molecule has 0 saturated carbocycles. The van der Waals surface area contributed by atoms with Crippen LogP contribution in [0.15, 0.2) is 0 Å². The van der Waals surface area contributed by atoms with Crippen LogP contribution in [0.3, 0.4) is 0 Å². The summed E-state index contributed by atoms with van der Waals surface area (Å²) in [5.74, 6) is -0.444. The fourth-order valence-corrected chi connectivity index (χ4v) is 1.86. The highest BCUT2D eigenvalue weighted by Gasteiger charge is 2.19. The lowest BCUT2D eigenvalue weighted by Crippen LogP contribution is -2.31. The molecule has 0 aliphatic carbocycles. The van der Waals surface area contributed by atoms with Crippen molar-refractivity contribution in [3.8, 4) is 12.1 Å². The van der Waals surface area contributed by atoms with Crippen LogP contribution in [0.25, 0.3) is 0 Å². The second kappa shape index (κ2) is 7.20. The van der Waals surface area contributed by atoms with Gasteiger partial charge in [0, 0.05) is 6.54 Å². The third-order valence-electron chi connectivity index (χ3n) is 1.94. The molecule has 1 heterocycles. The number of hydrogen-bond donors (Lipinski definition) is 1. The highest BCUT2D eigenvalue weighted by Crippen LogP contribution is 2.16. The Morgan fingerprint density at radius 1 is 1.39 bits per heavy atom. The first-order valence-electron chi connectivity index (χ1n) is 5.33. The average Bonchev–Trinajstić information content (AvgIpc) is 2.84. The second-order valence-corrected chi connectivity index (χ2v) is 4.29. The van der Waals surface area contributed by atoms with Crippen molar-refractivity contribution in [1.82, 2.24) is 15.1 Å². The van der Waals surface area contributed by atoms with Crippen molar-refractivity contribution in [3.63, 3.8) is 0 Å². The number of nitrogens with one attached hydrogen (secondary N) is 1. The zero-order valence-electron chi connectivity index (χ0n) is 9.88. The number of nitrogens with zero attached hydrogens (tertiary/aromatic N) is 5. The van der Waals surface area contributed by atoms with Crippen LogP contribution in [-0.2, 0) is 0 Å². The lowest BCUT2D eigenvalue weighted by atomic mass is 10.4. The molecule has 0 aromatic carbocycles. The highest BCUT2D eigenvalue weighted by molar-refractivity contribution is 7.17. The number of rotatable bonds is 6. The van der Waals surface area contributed by atoms with Gasteiger partial charge in [0.2, 0.25) is 10.1 Å². The molecule has 0 saturated heterocycles. The summed E-state index contributed by atoms with van der Waals surface area (Å²) in [5, 5.41) is 28.5. The topological polar surface area (TPSA) is 106 Å². The average molecular weight is 264 g/mol. The van der Waals surface area contributed by atoms with Crippen LogP contribution in [-0.4, -0.2) is 40.6 Å². The molecule has 0 unspecified atom stereocenters. The quantitative estimate of drug-likeness (QED) is 0.763. The fourth-order valence-electron chi connectivity index (χ4n) is 1.12. The Morgan fingerprint density at radius 3 is 2.61 bits per heavy atom. The number of nitriles is 2. The molecule has 0 fully saturated rings. The van der Waals surface area contributed by atoms with Crippen molar-refractivity contribution in [3.05, 3.63) is 5.01 Å². The van der Waals surface area contributed by atoms with Crippen LogP contribution in [0.5, 0.6) is 0 Å². The molecule has 1 amide bonds. The van der Waals surface area contributed by atoms with Gasteiger partial charge < -0.3 is 10.2 Å². The summed E-state index contributed by atoms with van der Waals surface area (Å²) in [4.78, 5) is 13.0. The minimum Gasteiger partial charge on any atom is -0.360 e. The van der Waals surface area contributed by atoms with Gasteiger partial charge >= 0.3 is 0 Å². The summed E-state index contributed by atoms with van der Waals surface area (Å²) in [6.45, 7) is 2.50. The highest BCUT2D eigenvalue weighted by atomic mass is 32.1. The fraction of sp³-hybridized carbons (Fsp3) is 0.500. The Bertz CT molecular complexity index is 469. The molecule has 0 radical (unpaired) electrons. The molecule has 0 aliphatic rings. The maximum atomic E-state index is 11.9. The van der Waals surface area contributed by atoms with E-state index in [0.29, 0.717) is 5.13 Å². The van der Waals surface area contributed by atoms with Crippen LogP contribution >= 0.6 is 11.3 Å². The SMILES string of the molecule is CCCNc1nnc(C(=O)N(CC#N)CC#N)s1. The van der Waals surface area contributed by atoms with Crippen LogP contribution in [0.1, 0.15) is 23.1 Å². The van der Waals surface area contributed by atoms with Gasteiger partial charge in [-0.1, -0.05) is 18.3 Å². The molecule has 0 aliphatic heterocycles. The van der Waals surface area contributed by atoms with Crippen molar-refractivity contribution in [2.24, 2.45) is 0 Å². The third-order valence-corrected chi connectivity index (χ3v) is 2.81. The predicted molar refractivity (Wildman–Crippen MR) is 65.8 cm³/mol. The van der Waals surface area contributed by atoms with E-state index in [0.717, 1.165) is 29.2 Å². The van der Waals surface area contributed by atoms with Gasteiger partial charge in [0.1, 0.15) is 13.1 Å². The van der Waals surface area contributed by atoms with Gasteiger partial charge in [-0.05, 0) is 6.42 Å². The molecule has 0 atom stereocenters. The number of carbonyl (C=O) groups is 1. The number of hydrogen-bond acceptors (Lipinski definition) is 7. The summed E-state index contributed by atoms with van der Waals surface area (Å²) in [6, 6.07) is 3.68. The zero-order chi connectivity index (χ0) is 13.4. The Balaban J connectivity index is 2.73. The largest absolute Gasteiger partial charge is 0.360 e. The van der Waals surface area contributed by atoms with E-state index >= 15 is 0 Å². The first-order chi connectivity index (χ1) is 8.72. The minimum absolute atomic E-state index is 0.135. The normalized spacial score (nSPS) is 9.28. The summed E-state index contributed by atoms with van der Waals surface area (Å²) < 4.78 is 0. The number of carbonyl (C=O) groups excluding carboxylic acids is 1. The van der Waals surface area contributed by atoms with Gasteiger partial charge in [0.25, 0.3) is 5.91 Å². The van der Waals surface area contributed by atoms with Crippen molar-refractivity contribution in [2.75, 3.05) is 25.0 Å². The van der Waals surface area contributed by atoms with Gasteiger partial charge in [0.05, 0.1) is 12.1 Å². The first-order valence-corrected chi connectivity index (χ1v) is 6.15. The molecule has 1 N–H and O–H groups in total. The Kier molecular flexibility index (Phi) is 5.55. The van der Waals surface area contributed by atoms with Crippen LogP contribution in [0.4, 0.5) is 5.13 Å². The van der Waals surface area contributed by atoms with E-state index in [9.17, 15) is 4.79 Å². The van der Waals surface area contributed by atoms with E-state index in [2.05, 4.69) is 15.5 Å². The molecular formula is C10H12N6OS. The molecule has 18 heavy (non-hydrogen) atoms. The minimum atomic E-state index is -0.444. The number of amides is 1. The summed E-state index contributed by atoms with van der Waals surface area (Å²) in [6.07, 6.45) is 0.942. The lowest BCUT2D eigenvalue weighted by molar-refractivity contribution is 0.0793. The molecule has 1 aromatic heterocycles. The first kappa shape index (κ1) is 13.9. The van der Waals surface area contributed by atoms with E-state index in [4.69, 9.17) is 10.5 Å². The number of aromatic nitrogens is 2. The molecule has 94 valence electrons. The third kappa shape index (κ3) is 3.68. The van der Waals surface area contributed by atoms with Crippen molar-refractivity contribution in [2.45, 2.75) is 13.3 Å². The molecule has 0 bridgehead atoms. The maximum absolute atomic E-state index is 11.9. The van der Waals surface area contributed by atoms with Gasteiger partial charge in [-0.2, -0.15) is 10.5 Å². The van der Waals surface area contributed by atoms with E-state index in [-0.39, 0.29) is 18.1 Å². The lowest BCUT2D eigenvalue weighted by Gasteiger charge is -2.12. The van der Waals surface area contributed by atoms with Crippen molar-refractivity contribution < 1.29 is 4.79 Å². The van der Waals surface area contributed by atoms with E-state index in [1.807, 2.05) is 19.1 Å². The Morgan fingerprint density at radius 2 is 2.06 bits per heavy atom. The number of anilines is 1. The second-order valence-electron chi connectivity index (χ2n) is 3.32. The van der Waals surface area contributed by atoms with Gasteiger partial charge in [0.15, 0.2) is 0 Å². The standard InChI is InChI=1S/C10H12N6OS/c1-2-5-13-10-15-14-8(18-10)9(17)16(6-3-11)7-4-12/h2,5-7H2,1H3,(H,13,15). The van der Waals surface area contributed by atoms with E-state index < -0.39 is 5.91 Å². The van der Waals surface area contributed by atoms with Gasteiger partial charge in [-0.25, -0.2) is 0 Å². The summed E-state index contributed by atoms with van der Waals surface area (Å²) >= 11 is 1.12. The Labute approximate surface area is 109 Å². The maximum Gasteiger partial charge on any atom is 0.286 e. The van der Waals surface area contributed by atoms with Crippen molar-refractivity contribution >= 4 is 22.4 Å². The molecule has 8 heteroatoms. The van der Waals surface area contributed by atoms with Crippen LogP contribution < -0.4 is 5.32 Å². The predicted octanol–water partition coefficient (Wildman–Crippen LogP) is 0.849. The molecule has 7 nitrogen and oxygen atoms in total. The van der Waals surface area contributed by atoms with Gasteiger partial charge in [-0.15, -0.1) is 10.2 Å². The summed E-state index contributed by atoms with van der Waals surface area (Å²) in [7, 11) is 0. The van der Waals surface area contributed by atoms with Crippen LogP contribution in [0.2, 0.25) is 0 Å². The molecule has 1 aromatic rings. The van der Waals surface area contributed by atoms with Crippen molar-refractivity contribution in [1.29, 1.82) is 10.5 Å².